The third kappa shape index (κ3) is 2.77. The van der Waals surface area contributed by atoms with E-state index in [-0.39, 0.29) is 19.2 Å². The average Bonchev–Trinajstić information content (AvgIpc) is 3.05. The minimum absolute atomic E-state index is 0. The third-order valence-electron chi connectivity index (χ3n) is 4.94. The minimum Gasteiger partial charge on any atom is -1.00 e. The molecular weight excluding hydrogens is 368 g/mol. The van der Waals surface area contributed by atoms with Gasteiger partial charge in [0, 0.05) is 23.6 Å². The average molecular weight is 387 g/mol. The van der Waals surface area contributed by atoms with E-state index in [4.69, 9.17) is 18.9 Å². The van der Waals surface area contributed by atoms with Crippen LogP contribution in [0.15, 0.2) is 36.5 Å². The second kappa shape index (κ2) is 6.70. The van der Waals surface area contributed by atoms with Crippen LogP contribution in [0.5, 0.6) is 23.0 Å². The Bertz CT molecular complexity index is 1040. The number of hydrogen-bond acceptors (Lipinski definition) is 5. The van der Waals surface area contributed by atoms with Crippen molar-refractivity contribution in [1.29, 1.82) is 0 Å². The van der Waals surface area contributed by atoms with E-state index in [9.17, 15) is 0 Å². The lowest BCUT2D eigenvalue weighted by molar-refractivity contribution is -0.681. The molecule has 1 N–H and O–H groups in total. The van der Waals surface area contributed by atoms with Crippen molar-refractivity contribution in [1.82, 2.24) is 0 Å². The van der Waals surface area contributed by atoms with E-state index in [0.29, 0.717) is 0 Å². The van der Waals surface area contributed by atoms with Gasteiger partial charge in [0.25, 0.3) is 0 Å². The standard InChI is InChI=1S/C20H18N2O4.ClH/c1-23-17-6-12-5-16-14-8-19-20(26-11-25-19)9-15(14)21-3-4-22(16)10-13(12)7-18(17)24-2;/h5-10H,3-4,11H2,1-2H3;1H. The highest BCUT2D eigenvalue weighted by Gasteiger charge is 2.26. The molecule has 0 fully saturated rings. The number of methoxy groups -OCH3 is 2. The Morgan fingerprint density at radius 1 is 0.926 bits per heavy atom. The van der Waals surface area contributed by atoms with Gasteiger partial charge in [0.15, 0.2) is 35.7 Å². The molecule has 140 valence electrons. The largest absolute Gasteiger partial charge is 1.00 e. The molecule has 3 heterocycles. The molecule has 0 unspecified atom stereocenters. The fourth-order valence-corrected chi connectivity index (χ4v) is 3.64. The zero-order valence-corrected chi connectivity index (χ0v) is 15.8. The Hall–Kier alpha value is -2.86. The first-order valence-electron chi connectivity index (χ1n) is 8.54. The SMILES string of the molecule is COc1cc2cc3[n+](cc2cc1OC)CCNc1cc2c(cc1-3)OCO2.[Cl-]. The van der Waals surface area contributed by atoms with Crippen LogP contribution in [-0.4, -0.2) is 27.6 Å². The van der Waals surface area contributed by atoms with E-state index >= 15 is 0 Å². The van der Waals surface area contributed by atoms with E-state index in [2.05, 4.69) is 28.2 Å². The zero-order valence-electron chi connectivity index (χ0n) is 15.0. The van der Waals surface area contributed by atoms with Gasteiger partial charge in [-0.1, -0.05) is 0 Å². The summed E-state index contributed by atoms with van der Waals surface area (Å²) in [6.45, 7) is 1.97. The van der Waals surface area contributed by atoms with Gasteiger partial charge < -0.3 is 36.7 Å². The molecule has 3 aromatic rings. The van der Waals surface area contributed by atoms with Crippen molar-refractivity contribution in [2.24, 2.45) is 0 Å². The van der Waals surface area contributed by atoms with E-state index in [1.165, 1.54) is 0 Å². The molecule has 6 nitrogen and oxygen atoms in total. The molecule has 2 aromatic carbocycles. The number of aromatic nitrogens is 1. The number of fused-ring (bicyclic) bond motifs is 5. The predicted octanol–water partition coefficient (Wildman–Crippen LogP) is -0.0303. The van der Waals surface area contributed by atoms with Crippen LogP contribution in [0.1, 0.15) is 0 Å². The molecule has 5 rings (SSSR count). The fraction of sp³-hybridized carbons (Fsp3) is 0.250. The summed E-state index contributed by atoms with van der Waals surface area (Å²) in [4.78, 5) is 0. The number of ether oxygens (including phenoxy) is 4. The number of anilines is 1. The number of pyridine rings is 1. The monoisotopic (exact) mass is 386 g/mol. The number of nitrogens with zero attached hydrogens (tertiary/aromatic N) is 1. The third-order valence-corrected chi connectivity index (χ3v) is 4.94. The molecule has 0 radical (unpaired) electrons. The highest BCUT2D eigenvalue weighted by Crippen LogP contribution is 2.42. The van der Waals surface area contributed by atoms with Gasteiger partial charge >= 0.3 is 0 Å². The molecule has 0 saturated carbocycles. The molecule has 0 spiro atoms. The van der Waals surface area contributed by atoms with Crippen molar-refractivity contribution in [3.05, 3.63) is 36.5 Å². The van der Waals surface area contributed by atoms with Crippen LogP contribution < -0.4 is 41.2 Å². The van der Waals surface area contributed by atoms with Gasteiger partial charge in [-0.3, -0.25) is 0 Å². The summed E-state index contributed by atoms with van der Waals surface area (Å²) in [6.07, 6.45) is 2.16. The van der Waals surface area contributed by atoms with Gasteiger partial charge in [-0.15, -0.1) is 0 Å². The summed E-state index contributed by atoms with van der Waals surface area (Å²) in [5.74, 6) is 3.03. The molecule has 0 aliphatic carbocycles. The van der Waals surface area contributed by atoms with Crippen LogP contribution in [-0.2, 0) is 6.54 Å². The highest BCUT2D eigenvalue weighted by atomic mass is 35.5. The second-order valence-electron chi connectivity index (χ2n) is 6.37. The molecule has 0 saturated heterocycles. The first kappa shape index (κ1) is 17.5. The van der Waals surface area contributed by atoms with Gasteiger partial charge in [-0.05, 0) is 17.5 Å². The van der Waals surface area contributed by atoms with Crippen LogP contribution in [0, 0.1) is 0 Å². The summed E-state index contributed by atoms with van der Waals surface area (Å²) in [5.41, 5.74) is 3.28. The van der Waals surface area contributed by atoms with Crippen molar-refractivity contribution >= 4 is 16.5 Å². The summed E-state index contributed by atoms with van der Waals surface area (Å²) >= 11 is 0. The highest BCUT2D eigenvalue weighted by molar-refractivity contribution is 5.89. The predicted molar refractivity (Wildman–Crippen MR) is 97.3 cm³/mol. The van der Waals surface area contributed by atoms with Crippen molar-refractivity contribution < 1.29 is 35.9 Å². The van der Waals surface area contributed by atoms with Crippen molar-refractivity contribution in [2.75, 3.05) is 32.9 Å². The molecule has 0 atom stereocenters. The maximum atomic E-state index is 5.58. The van der Waals surface area contributed by atoms with Crippen LogP contribution in [0.3, 0.4) is 0 Å². The van der Waals surface area contributed by atoms with Crippen LogP contribution >= 0.6 is 0 Å². The van der Waals surface area contributed by atoms with Crippen LogP contribution in [0.4, 0.5) is 5.69 Å². The molecule has 7 heteroatoms. The Morgan fingerprint density at radius 2 is 1.63 bits per heavy atom. The Kier molecular flexibility index (Phi) is 4.36. The number of benzene rings is 2. The Balaban J connectivity index is 0.00000180. The Labute approximate surface area is 163 Å². The van der Waals surface area contributed by atoms with Crippen molar-refractivity contribution in [2.45, 2.75) is 6.54 Å². The fourth-order valence-electron chi connectivity index (χ4n) is 3.64. The van der Waals surface area contributed by atoms with E-state index < -0.39 is 0 Å². The lowest BCUT2D eigenvalue weighted by atomic mass is 10.0. The van der Waals surface area contributed by atoms with Crippen molar-refractivity contribution in [3.8, 4) is 34.3 Å². The van der Waals surface area contributed by atoms with Gasteiger partial charge in [0.05, 0.1) is 32.0 Å². The first-order valence-corrected chi connectivity index (χ1v) is 8.54. The van der Waals surface area contributed by atoms with E-state index in [0.717, 1.165) is 63.8 Å². The summed E-state index contributed by atoms with van der Waals surface area (Å²) in [6, 6.07) is 10.3. The van der Waals surface area contributed by atoms with E-state index in [1.807, 2.05) is 18.2 Å². The molecule has 0 amide bonds. The first-order chi connectivity index (χ1) is 12.8. The zero-order chi connectivity index (χ0) is 17.7. The van der Waals surface area contributed by atoms with Crippen LogP contribution in [0.2, 0.25) is 0 Å². The smallest absolute Gasteiger partial charge is 0.231 e. The van der Waals surface area contributed by atoms with Gasteiger partial charge in [0.1, 0.15) is 0 Å². The number of nitrogens with one attached hydrogen (secondary N) is 1. The molecule has 27 heavy (non-hydrogen) atoms. The summed E-state index contributed by atoms with van der Waals surface area (Å²) < 4.78 is 24.3. The molecule has 0 bridgehead atoms. The second-order valence-corrected chi connectivity index (χ2v) is 6.37. The molecule has 1 aromatic heterocycles. The number of hydrogen-bond donors (Lipinski definition) is 1. The number of halogens is 1. The summed E-state index contributed by atoms with van der Waals surface area (Å²) in [5, 5.41) is 5.70. The normalized spacial score (nSPS) is 13.7. The van der Waals surface area contributed by atoms with Gasteiger partial charge in [0.2, 0.25) is 12.5 Å². The lowest BCUT2D eigenvalue weighted by Gasteiger charge is -2.10. The number of rotatable bonds is 2. The Morgan fingerprint density at radius 3 is 2.37 bits per heavy atom. The van der Waals surface area contributed by atoms with Gasteiger partial charge in [-0.2, -0.15) is 4.57 Å². The quantitative estimate of drug-likeness (QED) is 0.627. The minimum atomic E-state index is 0. The van der Waals surface area contributed by atoms with E-state index in [1.54, 1.807) is 14.2 Å². The molecule has 2 aliphatic heterocycles. The van der Waals surface area contributed by atoms with Crippen LogP contribution in [0.25, 0.3) is 22.0 Å². The van der Waals surface area contributed by atoms with Crippen molar-refractivity contribution in [3.63, 3.8) is 0 Å². The lowest BCUT2D eigenvalue weighted by Crippen LogP contribution is -3.00. The molecular formula is C20H19ClN2O4. The van der Waals surface area contributed by atoms with Gasteiger partial charge in [-0.25, -0.2) is 0 Å². The topological polar surface area (TPSA) is 52.8 Å². The maximum absolute atomic E-state index is 5.58. The maximum Gasteiger partial charge on any atom is 0.231 e. The molecule has 2 aliphatic rings. The summed E-state index contributed by atoms with van der Waals surface area (Å²) in [7, 11) is 3.31.